The van der Waals surface area contributed by atoms with Crippen LogP contribution in [0.25, 0.3) is 22.6 Å². The number of rotatable bonds is 9. The lowest BCUT2D eigenvalue weighted by atomic mass is 9.70. The normalized spacial score (nSPS) is 15.1. The Hall–Kier alpha value is -3.72. The first kappa shape index (κ1) is 25.9. The molecule has 0 radical (unpaired) electrons. The van der Waals surface area contributed by atoms with Gasteiger partial charge in [-0.25, -0.2) is 14.8 Å². The van der Waals surface area contributed by atoms with E-state index in [1.54, 1.807) is 0 Å². The van der Waals surface area contributed by atoms with E-state index >= 15 is 0 Å². The second kappa shape index (κ2) is 10.2. The number of ether oxygens (including phenoxy) is 1. The highest BCUT2D eigenvalue weighted by Crippen LogP contribution is 2.42. The summed E-state index contributed by atoms with van der Waals surface area (Å²) in [6.45, 7) is 9.03. The first-order chi connectivity index (χ1) is 18.2. The SMILES string of the molecule is CCn1c(=O)n(CCCO)c(=O)c2c1nc(-c1ccc(OC3CC(C)(C)C3)nc1C)n2Cc1ccccc1. The molecule has 0 atom stereocenters. The van der Waals surface area contributed by atoms with Crippen LogP contribution < -0.4 is 16.0 Å². The van der Waals surface area contributed by atoms with Crippen LogP contribution in [0.5, 0.6) is 5.88 Å². The van der Waals surface area contributed by atoms with Gasteiger partial charge in [0.1, 0.15) is 11.9 Å². The molecule has 9 nitrogen and oxygen atoms in total. The van der Waals surface area contributed by atoms with E-state index in [1.165, 1.54) is 9.13 Å². The fraction of sp³-hybridized carbons (Fsp3) is 0.448. The van der Waals surface area contributed by atoms with Crippen LogP contribution in [0.15, 0.2) is 52.1 Å². The van der Waals surface area contributed by atoms with Crippen molar-refractivity contribution >= 4 is 11.2 Å². The Morgan fingerprint density at radius 2 is 1.76 bits per heavy atom. The van der Waals surface area contributed by atoms with E-state index in [0.717, 1.165) is 29.7 Å². The first-order valence-electron chi connectivity index (χ1n) is 13.3. The molecule has 1 aliphatic carbocycles. The highest BCUT2D eigenvalue weighted by atomic mass is 16.5. The summed E-state index contributed by atoms with van der Waals surface area (Å²) in [5.74, 6) is 1.15. The summed E-state index contributed by atoms with van der Waals surface area (Å²) >= 11 is 0. The van der Waals surface area contributed by atoms with E-state index in [-0.39, 0.29) is 19.3 Å². The molecular weight excluding hydrogens is 482 g/mol. The third kappa shape index (κ3) is 4.78. The molecule has 1 aliphatic rings. The molecule has 3 aromatic heterocycles. The van der Waals surface area contributed by atoms with E-state index < -0.39 is 11.2 Å². The van der Waals surface area contributed by atoms with Crippen molar-refractivity contribution in [1.82, 2.24) is 23.7 Å². The van der Waals surface area contributed by atoms with Crippen molar-refractivity contribution in [2.75, 3.05) is 6.61 Å². The molecule has 0 bridgehead atoms. The van der Waals surface area contributed by atoms with Crippen LogP contribution in [-0.4, -0.2) is 41.5 Å². The Morgan fingerprint density at radius 1 is 1.03 bits per heavy atom. The van der Waals surface area contributed by atoms with Gasteiger partial charge in [0.2, 0.25) is 5.88 Å². The molecule has 200 valence electrons. The quantitative estimate of drug-likeness (QED) is 0.363. The molecule has 0 saturated heterocycles. The molecule has 0 spiro atoms. The molecule has 1 fully saturated rings. The number of aryl methyl sites for hydroxylation is 2. The van der Waals surface area contributed by atoms with Gasteiger partial charge in [0.05, 0.1) is 5.69 Å². The summed E-state index contributed by atoms with van der Waals surface area (Å²) in [5.41, 5.74) is 2.70. The zero-order valence-electron chi connectivity index (χ0n) is 22.5. The van der Waals surface area contributed by atoms with Gasteiger partial charge >= 0.3 is 5.69 Å². The maximum atomic E-state index is 13.7. The standard InChI is InChI=1S/C29H35N5O4/c1-5-32-26-24(27(36)33(28(32)37)14-9-15-35)34(18-20-10-7-6-8-11-20)25(31-26)22-12-13-23(30-19(22)2)38-21-16-29(3,4)17-21/h6-8,10-13,21,35H,5,9,14-18H2,1-4H3. The van der Waals surface area contributed by atoms with Crippen molar-refractivity contribution in [1.29, 1.82) is 0 Å². The van der Waals surface area contributed by atoms with Crippen LogP contribution >= 0.6 is 0 Å². The molecule has 1 saturated carbocycles. The minimum atomic E-state index is -0.420. The van der Waals surface area contributed by atoms with E-state index in [1.807, 2.05) is 60.9 Å². The fourth-order valence-electron chi connectivity index (χ4n) is 5.39. The summed E-state index contributed by atoms with van der Waals surface area (Å²) in [4.78, 5) is 36.5. The van der Waals surface area contributed by atoms with Gasteiger partial charge in [-0.2, -0.15) is 0 Å². The van der Waals surface area contributed by atoms with E-state index in [0.29, 0.717) is 47.8 Å². The van der Waals surface area contributed by atoms with Gasteiger partial charge in [0, 0.05) is 37.9 Å². The van der Waals surface area contributed by atoms with Crippen molar-refractivity contribution in [2.24, 2.45) is 5.41 Å². The van der Waals surface area contributed by atoms with Crippen molar-refractivity contribution in [3.8, 4) is 17.3 Å². The third-order valence-corrected chi connectivity index (χ3v) is 7.30. The number of aromatic nitrogens is 5. The summed E-state index contributed by atoms with van der Waals surface area (Å²) < 4.78 is 10.7. The smallest absolute Gasteiger partial charge is 0.332 e. The molecule has 1 N–H and O–H groups in total. The van der Waals surface area contributed by atoms with Crippen molar-refractivity contribution in [2.45, 2.75) is 72.7 Å². The molecule has 38 heavy (non-hydrogen) atoms. The van der Waals surface area contributed by atoms with Crippen LogP contribution in [0.1, 0.15) is 51.3 Å². The number of nitrogens with zero attached hydrogens (tertiary/aromatic N) is 5. The number of imidazole rings is 1. The van der Waals surface area contributed by atoms with Crippen LogP contribution in [0.3, 0.4) is 0 Å². The Bertz CT molecular complexity index is 1570. The van der Waals surface area contributed by atoms with Crippen molar-refractivity contribution in [3.63, 3.8) is 0 Å². The summed E-state index contributed by atoms with van der Waals surface area (Å²) in [7, 11) is 0. The second-order valence-corrected chi connectivity index (χ2v) is 10.8. The lowest BCUT2D eigenvalue weighted by Crippen LogP contribution is -2.40. The zero-order chi connectivity index (χ0) is 27.0. The van der Waals surface area contributed by atoms with E-state index in [4.69, 9.17) is 14.7 Å². The van der Waals surface area contributed by atoms with Gasteiger partial charge in [-0.1, -0.05) is 44.2 Å². The lowest BCUT2D eigenvalue weighted by molar-refractivity contribution is 0.00761. The monoisotopic (exact) mass is 517 g/mol. The molecule has 0 unspecified atom stereocenters. The first-order valence-corrected chi connectivity index (χ1v) is 13.3. The van der Waals surface area contributed by atoms with Crippen LogP contribution in [-0.2, 0) is 19.6 Å². The molecule has 9 heteroatoms. The van der Waals surface area contributed by atoms with Crippen molar-refractivity contribution < 1.29 is 9.84 Å². The number of hydrogen-bond acceptors (Lipinski definition) is 6. The Kier molecular flexibility index (Phi) is 6.96. The number of fused-ring (bicyclic) bond motifs is 1. The number of aliphatic hydroxyl groups excluding tert-OH is 1. The molecule has 3 heterocycles. The lowest BCUT2D eigenvalue weighted by Gasteiger charge is -2.41. The summed E-state index contributed by atoms with van der Waals surface area (Å²) in [6.07, 6.45) is 2.48. The maximum Gasteiger partial charge on any atom is 0.332 e. The minimum Gasteiger partial charge on any atom is -0.474 e. The molecule has 0 aliphatic heterocycles. The average molecular weight is 518 g/mol. The van der Waals surface area contributed by atoms with E-state index in [9.17, 15) is 14.7 Å². The third-order valence-electron chi connectivity index (χ3n) is 7.30. The van der Waals surface area contributed by atoms with Crippen LogP contribution in [0, 0.1) is 12.3 Å². The summed E-state index contributed by atoms with van der Waals surface area (Å²) in [5, 5.41) is 9.34. The number of aliphatic hydroxyl groups is 1. The maximum absolute atomic E-state index is 13.7. The van der Waals surface area contributed by atoms with Gasteiger partial charge in [-0.3, -0.25) is 13.9 Å². The second-order valence-electron chi connectivity index (χ2n) is 10.8. The van der Waals surface area contributed by atoms with E-state index in [2.05, 4.69) is 13.8 Å². The van der Waals surface area contributed by atoms with Crippen molar-refractivity contribution in [3.05, 3.63) is 74.6 Å². The van der Waals surface area contributed by atoms with Gasteiger partial charge < -0.3 is 14.4 Å². The molecular formula is C29H35N5O4. The van der Waals surface area contributed by atoms with Gasteiger partial charge in [-0.05, 0) is 50.2 Å². The largest absolute Gasteiger partial charge is 0.474 e. The zero-order valence-corrected chi connectivity index (χ0v) is 22.5. The topological polar surface area (TPSA) is 104 Å². The Morgan fingerprint density at radius 3 is 2.39 bits per heavy atom. The highest BCUT2D eigenvalue weighted by Gasteiger charge is 2.38. The predicted octanol–water partition coefficient (Wildman–Crippen LogP) is 3.75. The number of benzene rings is 1. The van der Waals surface area contributed by atoms with Gasteiger partial charge in [-0.15, -0.1) is 0 Å². The highest BCUT2D eigenvalue weighted by molar-refractivity contribution is 5.78. The average Bonchev–Trinajstić information content (AvgIpc) is 3.22. The Balaban J connectivity index is 1.66. The van der Waals surface area contributed by atoms with Gasteiger partial charge in [0.25, 0.3) is 5.56 Å². The molecule has 0 amide bonds. The Labute approximate surface area is 221 Å². The van der Waals surface area contributed by atoms with Gasteiger partial charge in [0.15, 0.2) is 11.2 Å². The predicted molar refractivity (Wildman–Crippen MR) is 147 cm³/mol. The van der Waals surface area contributed by atoms with Crippen LogP contribution in [0.2, 0.25) is 0 Å². The number of pyridine rings is 1. The molecule has 5 rings (SSSR count). The minimum absolute atomic E-state index is 0.109. The molecule has 1 aromatic carbocycles. The number of hydrogen-bond donors (Lipinski definition) is 1. The summed E-state index contributed by atoms with van der Waals surface area (Å²) in [6, 6.07) is 13.6. The fourth-order valence-corrected chi connectivity index (χ4v) is 5.39. The molecule has 4 aromatic rings. The van der Waals surface area contributed by atoms with Crippen LogP contribution in [0.4, 0.5) is 0 Å².